The van der Waals surface area contributed by atoms with E-state index in [9.17, 15) is 13.2 Å². The van der Waals surface area contributed by atoms with Crippen molar-refractivity contribution in [3.8, 4) is 5.75 Å². The third-order valence-electron chi connectivity index (χ3n) is 6.75. The smallest absolute Gasteiger partial charge is 0.243 e. The molecule has 2 aromatic rings. The highest BCUT2D eigenvalue weighted by Crippen LogP contribution is 2.34. The average Bonchev–Trinajstić information content (AvgIpc) is 2.82. The number of hydrogen-bond acceptors (Lipinski definition) is 4. The van der Waals surface area contributed by atoms with Crippen molar-refractivity contribution in [1.29, 1.82) is 0 Å². The summed E-state index contributed by atoms with van der Waals surface area (Å²) in [6.07, 6.45) is 5.54. The molecule has 1 aliphatic carbocycles. The number of fused-ring (bicyclic) bond motifs is 1. The Hall–Kier alpha value is -2.38. The molecule has 1 heterocycles. The van der Waals surface area contributed by atoms with Crippen molar-refractivity contribution in [3.63, 3.8) is 0 Å². The Morgan fingerprint density at radius 1 is 1.09 bits per heavy atom. The number of benzene rings is 2. The molecule has 1 amide bonds. The number of carbonyl (C=O) groups excluding carboxylic acids is 1. The molecule has 0 radical (unpaired) electrons. The van der Waals surface area contributed by atoms with E-state index in [0.29, 0.717) is 30.8 Å². The van der Waals surface area contributed by atoms with Crippen LogP contribution in [-0.4, -0.2) is 38.8 Å². The summed E-state index contributed by atoms with van der Waals surface area (Å²) in [6.45, 7) is 2.88. The van der Waals surface area contributed by atoms with Crippen molar-refractivity contribution in [2.24, 2.45) is 5.41 Å². The predicted octanol–water partition coefficient (Wildman–Crippen LogP) is 3.68. The number of piperidine rings is 1. The molecule has 1 fully saturated rings. The van der Waals surface area contributed by atoms with Crippen LogP contribution in [0, 0.1) is 5.41 Å². The van der Waals surface area contributed by atoms with Gasteiger partial charge in [0.15, 0.2) is 0 Å². The molecule has 7 heteroatoms. The maximum Gasteiger partial charge on any atom is 0.243 e. The first-order valence-electron chi connectivity index (χ1n) is 11.3. The molecule has 1 atom stereocenters. The highest BCUT2D eigenvalue weighted by molar-refractivity contribution is 7.89. The molecule has 0 aromatic heterocycles. The van der Waals surface area contributed by atoms with Gasteiger partial charge in [-0.25, -0.2) is 8.42 Å². The summed E-state index contributed by atoms with van der Waals surface area (Å²) in [5.74, 6) is 0.619. The fourth-order valence-corrected chi connectivity index (χ4v) is 6.43. The van der Waals surface area contributed by atoms with Gasteiger partial charge in [0.2, 0.25) is 15.9 Å². The first-order valence-corrected chi connectivity index (χ1v) is 12.8. The summed E-state index contributed by atoms with van der Waals surface area (Å²) < 4.78 is 33.6. The van der Waals surface area contributed by atoms with Crippen molar-refractivity contribution in [2.45, 2.75) is 56.9 Å². The second kappa shape index (κ2) is 9.24. The molecular formula is C25H32N2O4S. The number of hydrogen-bond donors (Lipinski definition) is 1. The molecule has 0 bridgehead atoms. The van der Waals surface area contributed by atoms with E-state index in [0.717, 1.165) is 42.6 Å². The van der Waals surface area contributed by atoms with Gasteiger partial charge in [0, 0.05) is 19.6 Å². The van der Waals surface area contributed by atoms with Gasteiger partial charge >= 0.3 is 0 Å². The van der Waals surface area contributed by atoms with Gasteiger partial charge in [-0.1, -0.05) is 18.2 Å². The maximum absolute atomic E-state index is 13.4. The molecule has 2 aliphatic rings. The number of nitrogens with one attached hydrogen (secondary N) is 1. The van der Waals surface area contributed by atoms with E-state index in [2.05, 4.69) is 5.32 Å². The van der Waals surface area contributed by atoms with Crippen LogP contribution in [0.4, 0.5) is 0 Å². The van der Waals surface area contributed by atoms with Gasteiger partial charge in [-0.05, 0) is 86.4 Å². The Labute approximate surface area is 191 Å². The minimum absolute atomic E-state index is 0.120. The number of rotatable bonds is 6. The second-order valence-electron chi connectivity index (χ2n) is 9.17. The van der Waals surface area contributed by atoms with E-state index in [1.807, 2.05) is 43.3 Å². The number of aryl methyl sites for hydroxylation is 2. The summed E-state index contributed by atoms with van der Waals surface area (Å²) >= 11 is 0. The summed E-state index contributed by atoms with van der Waals surface area (Å²) in [5.41, 5.74) is 2.58. The van der Waals surface area contributed by atoms with Crippen LogP contribution in [-0.2, 0) is 34.2 Å². The van der Waals surface area contributed by atoms with Crippen molar-refractivity contribution in [3.05, 3.63) is 59.2 Å². The molecule has 1 N–H and O–H groups in total. The van der Waals surface area contributed by atoms with Crippen LogP contribution in [0.15, 0.2) is 47.4 Å². The molecule has 2 aromatic carbocycles. The SMILES string of the molecule is COc1cccc(CNC(=O)C2(C)CCCN(S(=O)(=O)c3ccc4c(c3)CCCC4)C2)c1. The van der Waals surface area contributed by atoms with Gasteiger partial charge < -0.3 is 10.1 Å². The number of amides is 1. The van der Waals surface area contributed by atoms with E-state index in [-0.39, 0.29) is 12.5 Å². The van der Waals surface area contributed by atoms with Gasteiger partial charge in [0.1, 0.15) is 5.75 Å². The van der Waals surface area contributed by atoms with Crippen molar-refractivity contribution < 1.29 is 17.9 Å². The third kappa shape index (κ3) is 4.69. The highest BCUT2D eigenvalue weighted by atomic mass is 32.2. The molecule has 1 saturated heterocycles. The zero-order valence-corrected chi connectivity index (χ0v) is 19.7. The lowest BCUT2D eigenvalue weighted by molar-refractivity contribution is -0.132. The Bertz CT molecular complexity index is 1100. The maximum atomic E-state index is 13.4. The summed E-state index contributed by atoms with van der Waals surface area (Å²) in [7, 11) is -2.03. The van der Waals surface area contributed by atoms with Crippen molar-refractivity contribution in [1.82, 2.24) is 9.62 Å². The predicted molar refractivity (Wildman–Crippen MR) is 124 cm³/mol. The lowest BCUT2D eigenvalue weighted by Crippen LogP contribution is -2.51. The van der Waals surface area contributed by atoms with Gasteiger partial charge in [0.25, 0.3) is 0 Å². The molecule has 6 nitrogen and oxygen atoms in total. The number of nitrogens with zero attached hydrogens (tertiary/aromatic N) is 1. The van der Waals surface area contributed by atoms with Gasteiger partial charge in [-0.3, -0.25) is 4.79 Å². The van der Waals surface area contributed by atoms with E-state index < -0.39 is 15.4 Å². The first kappa shape index (κ1) is 22.8. The van der Waals surface area contributed by atoms with Crippen LogP contribution in [0.25, 0.3) is 0 Å². The standard InChI is InChI=1S/C25H32N2O4S/c1-25(24(28)26-17-19-7-5-10-22(15-19)31-2)13-6-14-27(18-25)32(29,30)23-12-11-20-8-3-4-9-21(20)16-23/h5,7,10-12,15-16H,3-4,6,8-9,13-14,17-18H2,1-2H3,(H,26,28). The molecule has 4 rings (SSSR count). The quantitative estimate of drug-likeness (QED) is 0.720. The van der Waals surface area contributed by atoms with E-state index in [1.165, 1.54) is 9.87 Å². The number of sulfonamides is 1. The van der Waals surface area contributed by atoms with E-state index in [4.69, 9.17) is 4.74 Å². The zero-order valence-electron chi connectivity index (χ0n) is 18.9. The Morgan fingerprint density at radius 2 is 1.88 bits per heavy atom. The summed E-state index contributed by atoms with van der Waals surface area (Å²) in [6, 6.07) is 13.1. The lowest BCUT2D eigenvalue weighted by Gasteiger charge is -2.38. The summed E-state index contributed by atoms with van der Waals surface area (Å²) in [5, 5.41) is 3.00. The number of methoxy groups -OCH3 is 1. The lowest BCUT2D eigenvalue weighted by atomic mass is 9.82. The molecular weight excluding hydrogens is 424 g/mol. The second-order valence-corrected chi connectivity index (χ2v) is 11.1. The fourth-order valence-electron chi connectivity index (χ4n) is 4.78. The molecule has 172 valence electrons. The number of ether oxygens (including phenoxy) is 1. The largest absolute Gasteiger partial charge is 0.497 e. The van der Waals surface area contributed by atoms with Crippen molar-refractivity contribution in [2.75, 3.05) is 20.2 Å². The monoisotopic (exact) mass is 456 g/mol. The minimum atomic E-state index is -3.64. The minimum Gasteiger partial charge on any atom is -0.497 e. The van der Waals surface area contributed by atoms with Crippen LogP contribution >= 0.6 is 0 Å². The fraction of sp³-hybridized carbons (Fsp3) is 0.480. The Balaban J connectivity index is 1.47. The van der Waals surface area contributed by atoms with Gasteiger partial charge in [-0.15, -0.1) is 0 Å². The molecule has 1 aliphatic heterocycles. The topological polar surface area (TPSA) is 75.7 Å². The van der Waals surface area contributed by atoms with Gasteiger partial charge in [-0.2, -0.15) is 4.31 Å². The van der Waals surface area contributed by atoms with E-state index >= 15 is 0 Å². The molecule has 0 saturated carbocycles. The van der Waals surface area contributed by atoms with E-state index in [1.54, 1.807) is 13.2 Å². The van der Waals surface area contributed by atoms with Crippen LogP contribution in [0.1, 0.15) is 49.3 Å². The van der Waals surface area contributed by atoms with Crippen LogP contribution in [0.3, 0.4) is 0 Å². The Kier molecular flexibility index (Phi) is 6.58. The van der Waals surface area contributed by atoms with Crippen LogP contribution in [0.2, 0.25) is 0 Å². The average molecular weight is 457 g/mol. The molecule has 1 unspecified atom stereocenters. The Morgan fingerprint density at radius 3 is 2.66 bits per heavy atom. The zero-order chi connectivity index (χ0) is 22.8. The highest BCUT2D eigenvalue weighted by Gasteiger charge is 2.42. The van der Waals surface area contributed by atoms with Crippen LogP contribution < -0.4 is 10.1 Å². The summed E-state index contributed by atoms with van der Waals surface area (Å²) in [4.78, 5) is 13.4. The first-order chi connectivity index (χ1) is 15.3. The van der Waals surface area contributed by atoms with Crippen molar-refractivity contribution >= 4 is 15.9 Å². The van der Waals surface area contributed by atoms with Gasteiger partial charge in [0.05, 0.1) is 17.4 Å². The third-order valence-corrected chi connectivity index (χ3v) is 8.60. The number of carbonyl (C=O) groups is 1. The normalized spacial score (nSPS) is 21.6. The molecule has 0 spiro atoms. The van der Waals surface area contributed by atoms with Crippen LogP contribution in [0.5, 0.6) is 5.75 Å². The molecule has 32 heavy (non-hydrogen) atoms.